The lowest BCUT2D eigenvalue weighted by Crippen LogP contribution is -2.21. The molecule has 0 aliphatic carbocycles. The summed E-state index contributed by atoms with van der Waals surface area (Å²) in [6, 6.07) is 14.0. The minimum atomic E-state index is -3.83. The standard InChI is InChI=1S/C19H17N3O3S3/c1-12-4-2-6-15(8-12)28(24,25)22(26)17-7-3-5-13-9-16(21-18(13)17)19-20-10-14(11-23)27-19/h2-10,21,23,26H,11H2,1H3. The number of aliphatic hydroxyl groups excluding tert-OH is 1. The minimum Gasteiger partial charge on any atom is -0.391 e. The number of aromatic nitrogens is 2. The van der Waals surface area contributed by atoms with Crippen molar-refractivity contribution in [1.29, 1.82) is 0 Å². The fourth-order valence-corrected chi connectivity index (χ4v) is 5.31. The van der Waals surface area contributed by atoms with Gasteiger partial charge in [0.15, 0.2) is 0 Å². The molecule has 0 spiro atoms. The second-order valence-corrected chi connectivity index (χ2v) is 9.85. The number of aliphatic hydroxyl groups is 1. The van der Waals surface area contributed by atoms with Crippen molar-refractivity contribution in [2.45, 2.75) is 18.4 Å². The Morgan fingerprint density at radius 2 is 2.00 bits per heavy atom. The molecule has 6 nitrogen and oxygen atoms in total. The van der Waals surface area contributed by atoms with E-state index in [9.17, 15) is 13.5 Å². The predicted molar refractivity (Wildman–Crippen MR) is 115 cm³/mol. The van der Waals surface area contributed by atoms with E-state index in [1.165, 1.54) is 11.3 Å². The van der Waals surface area contributed by atoms with Gasteiger partial charge < -0.3 is 10.1 Å². The number of nitrogens with zero attached hydrogens (tertiary/aromatic N) is 2. The second kappa shape index (κ2) is 7.25. The number of thiazole rings is 1. The Morgan fingerprint density at radius 3 is 2.71 bits per heavy atom. The Balaban J connectivity index is 1.80. The summed E-state index contributed by atoms with van der Waals surface area (Å²) in [6.07, 6.45) is 1.62. The molecule has 0 amide bonds. The molecule has 0 bridgehead atoms. The van der Waals surface area contributed by atoms with Crippen LogP contribution >= 0.6 is 24.2 Å². The zero-order chi connectivity index (χ0) is 19.9. The molecule has 0 atom stereocenters. The lowest BCUT2D eigenvalue weighted by molar-refractivity contribution is 0.285. The van der Waals surface area contributed by atoms with Gasteiger partial charge in [-0.3, -0.25) is 0 Å². The third kappa shape index (κ3) is 3.30. The van der Waals surface area contributed by atoms with Crippen LogP contribution in [0.25, 0.3) is 21.6 Å². The van der Waals surface area contributed by atoms with Crippen LogP contribution in [-0.2, 0) is 16.6 Å². The molecular formula is C19H17N3O3S3. The van der Waals surface area contributed by atoms with Crippen molar-refractivity contribution < 1.29 is 13.5 Å². The Bertz CT molecular complexity index is 1260. The number of hydrogen-bond donors (Lipinski definition) is 3. The van der Waals surface area contributed by atoms with Gasteiger partial charge >= 0.3 is 0 Å². The molecule has 0 saturated heterocycles. The van der Waals surface area contributed by atoms with Crippen molar-refractivity contribution in [3.63, 3.8) is 0 Å². The summed E-state index contributed by atoms with van der Waals surface area (Å²) in [6.45, 7) is 1.77. The number of hydrogen-bond acceptors (Lipinski definition) is 6. The molecule has 0 saturated carbocycles. The Kier molecular flexibility index (Phi) is 4.92. The first kappa shape index (κ1) is 19.0. The van der Waals surface area contributed by atoms with E-state index in [0.29, 0.717) is 11.2 Å². The maximum Gasteiger partial charge on any atom is 0.273 e. The van der Waals surface area contributed by atoms with Gasteiger partial charge in [0.2, 0.25) is 0 Å². The van der Waals surface area contributed by atoms with Gasteiger partial charge in [0.1, 0.15) is 5.01 Å². The summed E-state index contributed by atoms with van der Waals surface area (Å²) in [5, 5.41) is 10.8. The van der Waals surface area contributed by atoms with Gasteiger partial charge in [0.05, 0.1) is 33.3 Å². The Labute approximate surface area is 172 Å². The molecular weight excluding hydrogens is 414 g/mol. The monoisotopic (exact) mass is 431 g/mol. The highest BCUT2D eigenvalue weighted by molar-refractivity contribution is 8.06. The van der Waals surface area contributed by atoms with E-state index < -0.39 is 10.0 Å². The number of para-hydroxylation sites is 1. The van der Waals surface area contributed by atoms with Crippen LogP contribution in [0.15, 0.2) is 59.6 Å². The van der Waals surface area contributed by atoms with Crippen molar-refractivity contribution in [2.75, 3.05) is 3.71 Å². The van der Waals surface area contributed by atoms with E-state index in [2.05, 4.69) is 22.8 Å². The maximum absolute atomic E-state index is 13.0. The number of aryl methyl sites for hydroxylation is 1. The number of benzene rings is 2. The molecule has 144 valence electrons. The molecule has 28 heavy (non-hydrogen) atoms. The van der Waals surface area contributed by atoms with Gasteiger partial charge in [-0.1, -0.05) is 24.3 Å². The van der Waals surface area contributed by atoms with Gasteiger partial charge in [-0.05, 0) is 49.6 Å². The van der Waals surface area contributed by atoms with Gasteiger partial charge in [0.25, 0.3) is 10.0 Å². The number of fused-ring (bicyclic) bond motifs is 1. The van der Waals surface area contributed by atoms with Crippen molar-refractivity contribution in [1.82, 2.24) is 9.97 Å². The largest absolute Gasteiger partial charge is 0.391 e. The highest BCUT2D eigenvalue weighted by Gasteiger charge is 2.25. The maximum atomic E-state index is 13.0. The number of H-pyrrole nitrogens is 1. The number of nitrogens with one attached hydrogen (secondary N) is 1. The van der Waals surface area contributed by atoms with Crippen LogP contribution in [0.4, 0.5) is 5.69 Å². The lowest BCUT2D eigenvalue weighted by atomic mass is 10.2. The fourth-order valence-electron chi connectivity index (χ4n) is 2.93. The van der Waals surface area contributed by atoms with Gasteiger partial charge in [-0.2, -0.15) is 0 Å². The molecule has 2 heterocycles. The average Bonchev–Trinajstić information content (AvgIpc) is 3.33. The molecule has 9 heteroatoms. The highest BCUT2D eigenvalue weighted by atomic mass is 32.3. The summed E-state index contributed by atoms with van der Waals surface area (Å²) < 4.78 is 27.1. The van der Waals surface area contributed by atoms with Gasteiger partial charge in [-0.15, -0.1) is 11.3 Å². The van der Waals surface area contributed by atoms with Crippen LogP contribution in [0.3, 0.4) is 0 Å². The quantitative estimate of drug-likeness (QED) is 0.415. The van der Waals surface area contributed by atoms with Gasteiger partial charge in [0, 0.05) is 11.6 Å². The Hall–Kier alpha value is -2.33. The molecule has 0 unspecified atom stereocenters. The zero-order valence-corrected chi connectivity index (χ0v) is 17.4. The molecule has 0 radical (unpaired) electrons. The van der Waals surface area contributed by atoms with Crippen LogP contribution in [0.5, 0.6) is 0 Å². The molecule has 4 aromatic rings. The number of rotatable bonds is 5. The molecule has 4 rings (SSSR count). The molecule has 2 N–H and O–H groups in total. The first-order chi connectivity index (χ1) is 13.4. The first-order valence-corrected chi connectivity index (χ1v) is 11.0. The molecule has 2 aromatic carbocycles. The smallest absolute Gasteiger partial charge is 0.273 e. The highest BCUT2D eigenvalue weighted by Crippen LogP contribution is 2.35. The average molecular weight is 432 g/mol. The van der Waals surface area contributed by atoms with Crippen LogP contribution in [0.2, 0.25) is 0 Å². The summed E-state index contributed by atoms with van der Waals surface area (Å²) in [5.74, 6) is 0. The first-order valence-electron chi connectivity index (χ1n) is 8.38. The molecule has 2 aromatic heterocycles. The van der Waals surface area contributed by atoms with E-state index in [1.54, 1.807) is 36.5 Å². The van der Waals surface area contributed by atoms with Crippen molar-refractivity contribution in [3.05, 3.63) is 65.2 Å². The third-order valence-electron chi connectivity index (χ3n) is 4.30. The summed E-state index contributed by atoms with van der Waals surface area (Å²) in [5.41, 5.74) is 2.67. The van der Waals surface area contributed by atoms with Crippen LogP contribution < -0.4 is 3.71 Å². The van der Waals surface area contributed by atoms with Crippen LogP contribution in [0.1, 0.15) is 10.4 Å². The molecule has 0 aliphatic heterocycles. The topological polar surface area (TPSA) is 86.3 Å². The number of aromatic amines is 1. The van der Waals surface area contributed by atoms with E-state index in [-0.39, 0.29) is 11.5 Å². The summed E-state index contributed by atoms with van der Waals surface area (Å²) in [7, 11) is -3.83. The molecule has 0 aliphatic rings. The van der Waals surface area contributed by atoms with Gasteiger partial charge in [-0.25, -0.2) is 17.1 Å². The van der Waals surface area contributed by atoms with Crippen molar-refractivity contribution >= 4 is 50.8 Å². The number of thiol groups is 1. The lowest BCUT2D eigenvalue weighted by Gasteiger charge is -2.19. The predicted octanol–water partition coefficient (Wildman–Crippen LogP) is 4.13. The zero-order valence-electron chi connectivity index (χ0n) is 14.8. The molecule has 0 fully saturated rings. The van der Waals surface area contributed by atoms with Crippen molar-refractivity contribution in [2.24, 2.45) is 0 Å². The summed E-state index contributed by atoms with van der Waals surface area (Å²) >= 11 is 5.69. The minimum absolute atomic E-state index is 0.0672. The normalized spacial score (nSPS) is 11.8. The van der Waals surface area contributed by atoms with E-state index in [0.717, 1.165) is 30.2 Å². The number of sulfonamides is 1. The van der Waals surface area contributed by atoms with E-state index >= 15 is 0 Å². The SMILES string of the molecule is Cc1cccc(S(=O)(=O)N(S)c2cccc3cc(-c4ncc(CO)s4)[nH]c23)c1. The van der Waals surface area contributed by atoms with Crippen LogP contribution in [0, 0.1) is 6.92 Å². The van der Waals surface area contributed by atoms with Crippen molar-refractivity contribution in [3.8, 4) is 10.7 Å². The fraction of sp³-hybridized carbons (Fsp3) is 0.105. The number of anilines is 1. The third-order valence-corrected chi connectivity index (χ3v) is 7.67. The summed E-state index contributed by atoms with van der Waals surface area (Å²) in [4.78, 5) is 8.49. The Morgan fingerprint density at radius 1 is 1.21 bits per heavy atom. The van der Waals surface area contributed by atoms with E-state index in [4.69, 9.17) is 0 Å². The van der Waals surface area contributed by atoms with E-state index in [1.807, 2.05) is 25.1 Å². The van der Waals surface area contributed by atoms with Crippen LogP contribution in [-0.4, -0.2) is 23.5 Å². The second-order valence-electron chi connectivity index (χ2n) is 6.28.